The number of nitrogens with one attached hydrogen (secondary N) is 2. The normalized spacial score (nSPS) is 11.2. The zero-order valence-electron chi connectivity index (χ0n) is 14.4. The second kappa shape index (κ2) is 8.02. The standard InChI is InChI=1S/C18H22N2O4S/c1-13(2)14-8-10-15(11-9-14)24-12-18(21)19-16-6-4-5-7-17(16)20-25(3,22)23/h4-11,13,20H,12H2,1-3H3,(H,19,21). The first-order valence-electron chi connectivity index (χ1n) is 7.84. The molecule has 0 aliphatic heterocycles. The molecule has 134 valence electrons. The van der Waals surface area contributed by atoms with Gasteiger partial charge in [0.05, 0.1) is 17.6 Å². The summed E-state index contributed by atoms with van der Waals surface area (Å²) in [4.78, 5) is 12.1. The van der Waals surface area contributed by atoms with E-state index in [0.717, 1.165) is 6.26 Å². The maximum absolute atomic E-state index is 12.1. The number of para-hydroxylation sites is 2. The number of amides is 1. The predicted octanol–water partition coefficient (Wildman–Crippen LogP) is 3.20. The Hall–Kier alpha value is -2.54. The van der Waals surface area contributed by atoms with Gasteiger partial charge in [0, 0.05) is 0 Å². The number of hydrogen-bond donors (Lipinski definition) is 2. The highest BCUT2D eigenvalue weighted by Crippen LogP contribution is 2.22. The summed E-state index contributed by atoms with van der Waals surface area (Å²) in [6.45, 7) is 4.03. The number of benzene rings is 2. The van der Waals surface area contributed by atoms with Crippen LogP contribution in [0.3, 0.4) is 0 Å². The zero-order chi connectivity index (χ0) is 18.4. The fourth-order valence-electron chi connectivity index (χ4n) is 2.16. The van der Waals surface area contributed by atoms with Crippen LogP contribution in [0, 0.1) is 0 Å². The van der Waals surface area contributed by atoms with E-state index in [-0.39, 0.29) is 12.5 Å². The molecule has 2 aromatic rings. The van der Waals surface area contributed by atoms with Crippen LogP contribution in [0.2, 0.25) is 0 Å². The van der Waals surface area contributed by atoms with E-state index in [9.17, 15) is 13.2 Å². The Labute approximate surface area is 148 Å². The summed E-state index contributed by atoms with van der Waals surface area (Å²) in [7, 11) is -3.43. The van der Waals surface area contributed by atoms with E-state index in [1.165, 1.54) is 5.56 Å². The predicted molar refractivity (Wildman–Crippen MR) is 99.6 cm³/mol. The summed E-state index contributed by atoms with van der Waals surface area (Å²) >= 11 is 0. The summed E-state index contributed by atoms with van der Waals surface area (Å²) in [5.74, 6) is 0.647. The molecule has 0 atom stereocenters. The minimum absolute atomic E-state index is 0.172. The third-order valence-corrected chi connectivity index (χ3v) is 4.00. The fourth-order valence-corrected chi connectivity index (χ4v) is 2.74. The van der Waals surface area contributed by atoms with E-state index in [4.69, 9.17) is 4.74 Å². The molecule has 0 aliphatic rings. The Morgan fingerprint density at radius 1 is 1.04 bits per heavy atom. The molecule has 0 aromatic heterocycles. The van der Waals surface area contributed by atoms with Gasteiger partial charge in [0.2, 0.25) is 10.0 Å². The molecule has 0 unspecified atom stereocenters. The van der Waals surface area contributed by atoms with Crippen LogP contribution in [-0.2, 0) is 14.8 Å². The topological polar surface area (TPSA) is 84.5 Å². The maximum atomic E-state index is 12.1. The van der Waals surface area contributed by atoms with Crippen LogP contribution < -0.4 is 14.8 Å². The van der Waals surface area contributed by atoms with Crippen molar-refractivity contribution in [1.29, 1.82) is 0 Å². The Balaban J connectivity index is 1.96. The molecular weight excluding hydrogens is 340 g/mol. The first-order chi connectivity index (χ1) is 11.7. The first-order valence-corrected chi connectivity index (χ1v) is 9.73. The average molecular weight is 362 g/mol. The molecule has 6 nitrogen and oxygen atoms in total. The first kappa shape index (κ1) is 18.8. The van der Waals surface area contributed by atoms with Gasteiger partial charge in [0.15, 0.2) is 6.61 Å². The Kier molecular flexibility index (Phi) is 6.03. The fraction of sp³-hybridized carbons (Fsp3) is 0.278. The van der Waals surface area contributed by atoms with Crippen molar-refractivity contribution in [1.82, 2.24) is 0 Å². The van der Waals surface area contributed by atoms with E-state index in [1.54, 1.807) is 24.3 Å². The summed E-state index contributed by atoms with van der Waals surface area (Å²) in [6.07, 6.45) is 1.05. The molecule has 0 saturated carbocycles. The van der Waals surface area contributed by atoms with Crippen molar-refractivity contribution in [2.75, 3.05) is 22.9 Å². The summed E-state index contributed by atoms with van der Waals surface area (Å²) < 4.78 is 30.6. The zero-order valence-corrected chi connectivity index (χ0v) is 15.3. The van der Waals surface area contributed by atoms with Crippen LogP contribution >= 0.6 is 0 Å². The van der Waals surface area contributed by atoms with Crippen LogP contribution in [0.15, 0.2) is 48.5 Å². The van der Waals surface area contributed by atoms with Crippen LogP contribution in [0.5, 0.6) is 5.75 Å². The molecule has 0 spiro atoms. The quantitative estimate of drug-likeness (QED) is 0.792. The number of carbonyl (C=O) groups excluding carboxylic acids is 1. The molecule has 0 fully saturated rings. The summed E-state index contributed by atoms with van der Waals surface area (Å²) in [6, 6.07) is 14.1. The largest absolute Gasteiger partial charge is 0.484 e. The lowest BCUT2D eigenvalue weighted by Crippen LogP contribution is -2.21. The molecule has 0 bridgehead atoms. The second-order valence-corrected chi connectivity index (χ2v) is 7.73. The molecule has 7 heteroatoms. The highest BCUT2D eigenvalue weighted by Gasteiger charge is 2.10. The van der Waals surface area contributed by atoms with Crippen molar-refractivity contribution >= 4 is 27.3 Å². The van der Waals surface area contributed by atoms with E-state index in [2.05, 4.69) is 23.9 Å². The Bertz CT molecular complexity index is 830. The number of sulfonamides is 1. The van der Waals surface area contributed by atoms with E-state index in [1.807, 2.05) is 24.3 Å². The van der Waals surface area contributed by atoms with Gasteiger partial charge in [-0.2, -0.15) is 0 Å². The third kappa shape index (κ3) is 6.11. The van der Waals surface area contributed by atoms with Crippen molar-refractivity contribution < 1.29 is 17.9 Å². The van der Waals surface area contributed by atoms with Gasteiger partial charge < -0.3 is 10.1 Å². The number of hydrogen-bond acceptors (Lipinski definition) is 4. The van der Waals surface area contributed by atoms with Crippen LogP contribution in [0.1, 0.15) is 25.3 Å². The number of carbonyl (C=O) groups is 1. The molecule has 2 aromatic carbocycles. The number of anilines is 2. The van der Waals surface area contributed by atoms with Gasteiger partial charge in [0.25, 0.3) is 5.91 Å². The van der Waals surface area contributed by atoms with Gasteiger partial charge in [0.1, 0.15) is 5.75 Å². The molecule has 0 saturated heterocycles. The smallest absolute Gasteiger partial charge is 0.262 e. The highest BCUT2D eigenvalue weighted by atomic mass is 32.2. The van der Waals surface area contributed by atoms with Crippen molar-refractivity contribution in [2.24, 2.45) is 0 Å². The minimum Gasteiger partial charge on any atom is -0.484 e. The molecule has 0 heterocycles. The number of rotatable bonds is 7. The van der Waals surface area contributed by atoms with Crippen molar-refractivity contribution in [2.45, 2.75) is 19.8 Å². The second-order valence-electron chi connectivity index (χ2n) is 5.98. The molecule has 0 radical (unpaired) electrons. The van der Waals surface area contributed by atoms with Gasteiger partial charge in [-0.05, 0) is 35.7 Å². The van der Waals surface area contributed by atoms with Crippen molar-refractivity contribution in [3.8, 4) is 5.75 Å². The van der Waals surface area contributed by atoms with Gasteiger partial charge in [-0.1, -0.05) is 38.1 Å². The molecule has 1 amide bonds. The van der Waals surface area contributed by atoms with E-state index >= 15 is 0 Å². The van der Waals surface area contributed by atoms with Crippen LogP contribution in [0.4, 0.5) is 11.4 Å². The minimum atomic E-state index is -3.43. The lowest BCUT2D eigenvalue weighted by atomic mass is 10.0. The number of ether oxygens (including phenoxy) is 1. The highest BCUT2D eigenvalue weighted by molar-refractivity contribution is 7.92. The van der Waals surface area contributed by atoms with Crippen molar-refractivity contribution in [3.63, 3.8) is 0 Å². The van der Waals surface area contributed by atoms with E-state index in [0.29, 0.717) is 23.0 Å². The molecule has 0 aliphatic carbocycles. The molecule has 2 rings (SSSR count). The Morgan fingerprint density at radius 3 is 2.20 bits per heavy atom. The molecule has 25 heavy (non-hydrogen) atoms. The van der Waals surface area contributed by atoms with Crippen LogP contribution in [-0.4, -0.2) is 27.2 Å². The maximum Gasteiger partial charge on any atom is 0.262 e. The SMILES string of the molecule is CC(C)c1ccc(OCC(=O)Nc2ccccc2NS(C)(=O)=O)cc1. The third-order valence-electron chi connectivity index (χ3n) is 3.41. The van der Waals surface area contributed by atoms with Gasteiger partial charge in [-0.15, -0.1) is 0 Å². The van der Waals surface area contributed by atoms with Gasteiger partial charge in [-0.25, -0.2) is 8.42 Å². The lowest BCUT2D eigenvalue weighted by Gasteiger charge is -2.12. The lowest BCUT2D eigenvalue weighted by molar-refractivity contribution is -0.118. The van der Waals surface area contributed by atoms with Gasteiger partial charge >= 0.3 is 0 Å². The van der Waals surface area contributed by atoms with E-state index < -0.39 is 10.0 Å². The van der Waals surface area contributed by atoms with Gasteiger partial charge in [-0.3, -0.25) is 9.52 Å². The monoisotopic (exact) mass is 362 g/mol. The molecule has 2 N–H and O–H groups in total. The average Bonchev–Trinajstić information content (AvgIpc) is 2.54. The molecular formula is C18H22N2O4S. The van der Waals surface area contributed by atoms with Crippen molar-refractivity contribution in [3.05, 3.63) is 54.1 Å². The summed E-state index contributed by atoms with van der Waals surface area (Å²) in [5.41, 5.74) is 1.87. The Morgan fingerprint density at radius 2 is 1.64 bits per heavy atom. The van der Waals surface area contributed by atoms with Crippen LogP contribution in [0.25, 0.3) is 0 Å². The summed E-state index contributed by atoms with van der Waals surface area (Å²) in [5, 5.41) is 2.64.